The van der Waals surface area contributed by atoms with Gasteiger partial charge in [0.2, 0.25) is 0 Å². The Morgan fingerprint density at radius 2 is 1.07 bits per heavy atom. The summed E-state index contributed by atoms with van der Waals surface area (Å²) >= 11 is 0. The zero-order valence-corrected chi connectivity index (χ0v) is 38.6. The molecule has 0 bridgehead atoms. The predicted molar refractivity (Wildman–Crippen MR) is 195 cm³/mol. The SMILES string of the molecule is O=S(=O)([O-])c1cc(N=Nc2ccc(N=Nc3c(S(=O)(=O)O)cc4cc(Nc5ccccc5)ccc4c3[O-])c3ccccc23)cc2c(S(=O)(=O)[O-])cccc12.[Na+].[Na+].[Na+]. The van der Waals surface area contributed by atoms with Gasteiger partial charge in [-0.05, 0) is 71.4 Å². The second-order valence-corrected chi connectivity index (χ2v) is 15.8. The molecule has 2 N–H and O–H groups in total. The van der Waals surface area contributed by atoms with Crippen LogP contribution in [0.15, 0.2) is 156 Å². The van der Waals surface area contributed by atoms with Gasteiger partial charge in [-0.1, -0.05) is 66.4 Å². The summed E-state index contributed by atoms with van der Waals surface area (Å²) in [5.74, 6) is -0.798. The van der Waals surface area contributed by atoms with Crippen LogP contribution in [0, 0.1) is 0 Å². The second kappa shape index (κ2) is 18.4. The topological polar surface area (TPSA) is 253 Å². The molecular formula is C36H22N5Na3O10S3. The van der Waals surface area contributed by atoms with Crippen LogP contribution in [0.25, 0.3) is 32.3 Å². The Balaban J connectivity index is 0.00000240. The van der Waals surface area contributed by atoms with Crippen molar-refractivity contribution in [2.24, 2.45) is 20.5 Å². The van der Waals surface area contributed by atoms with Crippen LogP contribution >= 0.6 is 0 Å². The molecule has 0 fully saturated rings. The summed E-state index contributed by atoms with van der Waals surface area (Å²) in [4.78, 5) is -2.31. The van der Waals surface area contributed by atoms with E-state index in [1.165, 1.54) is 24.3 Å². The van der Waals surface area contributed by atoms with Crippen LogP contribution in [0.1, 0.15) is 0 Å². The van der Waals surface area contributed by atoms with Gasteiger partial charge in [0.05, 0.1) is 32.5 Å². The van der Waals surface area contributed by atoms with Crippen LogP contribution in [0.4, 0.5) is 34.1 Å². The van der Waals surface area contributed by atoms with Gasteiger partial charge < -0.3 is 19.5 Å². The molecule has 0 atom stereocenters. The number of azo groups is 2. The van der Waals surface area contributed by atoms with Crippen molar-refractivity contribution in [1.82, 2.24) is 0 Å². The number of anilines is 2. The molecule has 272 valence electrons. The van der Waals surface area contributed by atoms with Crippen molar-refractivity contribution in [3.63, 3.8) is 0 Å². The molecule has 57 heavy (non-hydrogen) atoms. The molecule has 0 radical (unpaired) electrons. The standard InChI is InChI=1S/C36H25N5O10S3.3Na/c42-36-25-14-13-23(37-22-7-2-1-3-8-22)17-21(25)18-34(54(49,50)51)35(36)41-40-31-16-15-30(26-9-4-5-10-27(26)31)39-38-24-19-29-28(33(20-24)53(46,47)48)11-6-12-32(29)52(43,44)45;;;/h1-20,37,42H,(H,43,44,45)(H,46,47,48)(H,49,50,51);;;/q;3*+1/p-3. The maximum atomic E-state index is 13.6. The minimum Gasteiger partial charge on any atom is -0.871 e. The van der Waals surface area contributed by atoms with Crippen LogP contribution in [-0.2, 0) is 30.4 Å². The summed E-state index contributed by atoms with van der Waals surface area (Å²) in [5, 5.41) is 33.6. The zero-order valence-electron chi connectivity index (χ0n) is 30.2. The maximum absolute atomic E-state index is 13.6. The molecule has 7 aromatic carbocycles. The van der Waals surface area contributed by atoms with Crippen molar-refractivity contribution in [2.45, 2.75) is 14.7 Å². The third kappa shape index (κ3) is 10.2. The van der Waals surface area contributed by atoms with E-state index in [1.54, 1.807) is 36.4 Å². The van der Waals surface area contributed by atoms with Crippen LogP contribution in [0.3, 0.4) is 0 Å². The second-order valence-electron chi connectivity index (χ2n) is 11.7. The van der Waals surface area contributed by atoms with E-state index in [4.69, 9.17) is 0 Å². The van der Waals surface area contributed by atoms with Crippen molar-refractivity contribution in [3.05, 3.63) is 121 Å². The quantitative estimate of drug-likeness (QED) is 0.0998. The van der Waals surface area contributed by atoms with Gasteiger partial charge in [0.1, 0.15) is 25.1 Å². The fourth-order valence-electron chi connectivity index (χ4n) is 5.84. The van der Waals surface area contributed by atoms with E-state index in [-0.39, 0.29) is 127 Å². The molecule has 0 spiro atoms. The first-order chi connectivity index (χ1) is 25.6. The third-order valence-electron chi connectivity index (χ3n) is 8.22. The molecule has 15 nitrogen and oxygen atoms in total. The first kappa shape index (κ1) is 46.5. The van der Waals surface area contributed by atoms with Crippen LogP contribution in [0.5, 0.6) is 5.75 Å². The van der Waals surface area contributed by atoms with E-state index < -0.39 is 56.5 Å². The Bertz CT molecular complexity index is 3080. The summed E-state index contributed by atoms with van der Waals surface area (Å²) in [6.45, 7) is 0. The summed E-state index contributed by atoms with van der Waals surface area (Å²) in [7, 11) is -15.2. The molecule has 7 aromatic rings. The monoisotopic (exact) mass is 849 g/mol. The number of para-hydroxylation sites is 1. The van der Waals surface area contributed by atoms with E-state index in [0.29, 0.717) is 16.5 Å². The minimum atomic E-state index is -5.16. The van der Waals surface area contributed by atoms with Gasteiger partial charge in [-0.25, -0.2) is 16.8 Å². The summed E-state index contributed by atoms with van der Waals surface area (Å²) < 4.78 is 107. The predicted octanol–water partition coefficient (Wildman–Crippen LogP) is -1.14. The van der Waals surface area contributed by atoms with Crippen LogP contribution < -0.4 is 99.1 Å². The first-order valence-corrected chi connectivity index (χ1v) is 19.7. The van der Waals surface area contributed by atoms with E-state index in [1.807, 2.05) is 30.3 Å². The number of hydrogen-bond donors (Lipinski definition) is 2. The smallest absolute Gasteiger partial charge is 0.871 e. The Labute approximate surface area is 392 Å². The fraction of sp³-hybridized carbons (Fsp3) is 0. The van der Waals surface area contributed by atoms with Gasteiger partial charge in [0.15, 0.2) is 0 Å². The molecule has 0 heterocycles. The molecular weight excluding hydrogens is 828 g/mol. The molecule has 0 aliphatic rings. The van der Waals surface area contributed by atoms with Crippen molar-refractivity contribution < 1.29 is 133 Å². The Morgan fingerprint density at radius 3 is 1.67 bits per heavy atom. The number of benzene rings is 7. The summed E-state index contributed by atoms with van der Waals surface area (Å²) in [5.41, 5.74) is 0.786. The van der Waals surface area contributed by atoms with Gasteiger partial charge in [0.25, 0.3) is 10.1 Å². The Morgan fingerprint density at radius 1 is 0.491 bits per heavy atom. The van der Waals surface area contributed by atoms with E-state index in [0.717, 1.165) is 36.0 Å². The average molecular weight is 850 g/mol. The molecule has 0 amide bonds. The molecule has 0 saturated carbocycles. The van der Waals surface area contributed by atoms with E-state index >= 15 is 0 Å². The minimum absolute atomic E-state index is 0. The fourth-order valence-corrected chi connectivity index (χ4v) is 7.89. The number of rotatable bonds is 9. The number of fused-ring (bicyclic) bond motifs is 3. The van der Waals surface area contributed by atoms with Crippen LogP contribution in [-0.4, -0.2) is 38.9 Å². The summed E-state index contributed by atoms with van der Waals surface area (Å²) in [6.07, 6.45) is 0. The van der Waals surface area contributed by atoms with E-state index in [9.17, 15) is 44.0 Å². The van der Waals surface area contributed by atoms with Crippen molar-refractivity contribution >= 4 is 96.8 Å². The molecule has 0 aromatic heterocycles. The van der Waals surface area contributed by atoms with Crippen molar-refractivity contribution in [2.75, 3.05) is 5.32 Å². The first-order valence-electron chi connectivity index (χ1n) is 15.5. The summed E-state index contributed by atoms with van der Waals surface area (Å²) in [6, 6.07) is 29.7. The van der Waals surface area contributed by atoms with Gasteiger partial charge in [-0.3, -0.25) is 4.55 Å². The van der Waals surface area contributed by atoms with Gasteiger partial charge in [-0.2, -0.15) is 13.5 Å². The number of nitrogens with one attached hydrogen (secondary N) is 1. The average Bonchev–Trinajstić information content (AvgIpc) is 3.12. The Hall–Kier alpha value is -3.15. The molecule has 7 rings (SSSR count). The molecule has 21 heteroatoms. The Kier molecular flexibility index (Phi) is 15.0. The number of nitrogens with zero attached hydrogens (tertiary/aromatic N) is 4. The zero-order chi connectivity index (χ0) is 38.4. The third-order valence-corrected chi connectivity index (χ3v) is 10.9. The van der Waals surface area contributed by atoms with Gasteiger partial charge >= 0.3 is 88.7 Å². The van der Waals surface area contributed by atoms with Gasteiger partial charge in [0, 0.05) is 32.9 Å². The molecule has 0 unspecified atom stereocenters. The van der Waals surface area contributed by atoms with E-state index in [2.05, 4.69) is 25.8 Å². The maximum Gasteiger partial charge on any atom is 1.00 e. The molecule has 0 aliphatic carbocycles. The normalized spacial score (nSPS) is 12.1. The molecule has 0 aliphatic heterocycles. The largest absolute Gasteiger partial charge is 1.00 e. The van der Waals surface area contributed by atoms with Crippen LogP contribution in [0.2, 0.25) is 0 Å². The van der Waals surface area contributed by atoms with Crippen molar-refractivity contribution in [1.29, 1.82) is 0 Å². The molecule has 0 saturated heterocycles. The van der Waals surface area contributed by atoms with Crippen molar-refractivity contribution in [3.8, 4) is 5.75 Å². The number of hydrogen-bond acceptors (Lipinski definition) is 14. The van der Waals surface area contributed by atoms with Gasteiger partial charge in [-0.15, -0.1) is 15.3 Å².